The van der Waals surface area contributed by atoms with E-state index in [9.17, 15) is 0 Å². The maximum Gasteiger partial charge on any atom is 0.0155 e. The molecule has 0 amide bonds. The van der Waals surface area contributed by atoms with Crippen LogP contribution >= 0.6 is 0 Å². The van der Waals surface area contributed by atoms with E-state index in [1.165, 1.54) is 75.0 Å². The molecule has 0 bridgehead atoms. The summed E-state index contributed by atoms with van der Waals surface area (Å²) in [6, 6.07) is 17.7. The molecule has 34 heavy (non-hydrogen) atoms. The van der Waals surface area contributed by atoms with Gasteiger partial charge in [0, 0.05) is 11.8 Å². The zero-order valence-electron chi connectivity index (χ0n) is 20.7. The first-order valence-corrected chi connectivity index (χ1v) is 12.9. The number of hydrogen-bond acceptors (Lipinski definition) is 0. The zero-order chi connectivity index (χ0) is 23.7. The summed E-state index contributed by atoms with van der Waals surface area (Å²) < 4.78 is 0. The monoisotopic (exact) mass is 444 g/mol. The number of aryl methyl sites for hydroxylation is 2. The van der Waals surface area contributed by atoms with Crippen molar-refractivity contribution in [2.75, 3.05) is 0 Å². The van der Waals surface area contributed by atoms with Gasteiger partial charge < -0.3 is 0 Å². The summed E-state index contributed by atoms with van der Waals surface area (Å²) in [5, 5.41) is 0. The fourth-order valence-electron chi connectivity index (χ4n) is 6.20. The molecular weight excluding hydrogens is 408 g/mol. The van der Waals surface area contributed by atoms with E-state index in [1.807, 2.05) is 0 Å². The largest absolute Gasteiger partial charge is 0.0955 e. The lowest BCUT2D eigenvalue weighted by atomic mass is 9.72. The summed E-state index contributed by atoms with van der Waals surface area (Å²) in [5.41, 5.74) is 13.9. The van der Waals surface area contributed by atoms with Crippen LogP contribution in [0.25, 0.3) is 12.2 Å². The van der Waals surface area contributed by atoms with Crippen LogP contribution < -0.4 is 0 Å². The molecular formula is C34H36. The number of allylic oxidation sites excluding steroid dienone is 8. The lowest BCUT2D eigenvalue weighted by molar-refractivity contribution is 0.591. The van der Waals surface area contributed by atoms with Crippen molar-refractivity contribution in [2.24, 2.45) is 11.8 Å². The molecule has 0 spiro atoms. The average molecular weight is 445 g/mol. The van der Waals surface area contributed by atoms with Crippen LogP contribution in [-0.4, -0.2) is 0 Å². The first-order chi connectivity index (χ1) is 16.5. The third kappa shape index (κ3) is 4.34. The molecule has 0 heteroatoms. The minimum Gasteiger partial charge on any atom is -0.0955 e. The summed E-state index contributed by atoms with van der Waals surface area (Å²) >= 11 is 0. The Hall–Kier alpha value is -3.12. The van der Waals surface area contributed by atoms with Crippen molar-refractivity contribution in [1.82, 2.24) is 0 Å². The molecule has 2 aromatic carbocycles. The van der Waals surface area contributed by atoms with Crippen molar-refractivity contribution in [1.29, 1.82) is 0 Å². The van der Waals surface area contributed by atoms with Gasteiger partial charge in [-0.3, -0.25) is 0 Å². The normalized spacial score (nSPS) is 22.9. The van der Waals surface area contributed by atoms with Crippen LogP contribution in [0.4, 0.5) is 0 Å². The predicted molar refractivity (Wildman–Crippen MR) is 147 cm³/mol. The smallest absolute Gasteiger partial charge is 0.0155 e. The van der Waals surface area contributed by atoms with Gasteiger partial charge in [-0.15, -0.1) is 0 Å². The summed E-state index contributed by atoms with van der Waals surface area (Å²) in [4.78, 5) is 0. The number of fused-ring (bicyclic) bond motifs is 2. The lowest BCUT2D eigenvalue weighted by Gasteiger charge is -2.32. The second-order valence-electron chi connectivity index (χ2n) is 10.2. The number of benzene rings is 2. The summed E-state index contributed by atoms with van der Waals surface area (Å²) in [6.45, 7) is 13.7. The van der Waals surface area contributed by atoms with E-state index in [0.29, 0.717) is 5.92 Å². The van der Waals surface area contributed by atoms with Crippen molar-refractivity contribution in [3.63, 3.8) is 0 Å². The molecule has 0 saturated heterocycles. The molecule has 3 aliphatic rings. The van der Waals surface area contributed by atoms with E-state index in [-0.39, 0.29) is 5.92 Å². The molecule has 0 aliphatic heterocycles. The van der Waals surface area contributed by atoms with Crippen LogP contribution in [0, 0.1) is 11.8 Å². The Kier molecular flexibility index (Phi) is 6.42. The van der Waals surface area contributed by atoms with Crippen molar-refractivity contribution in [3.05, 3.63) is 130 Å². The van der Waals surface area contributed by atoms with E-state index in [0.717, 1.165) is 19.3 Å². The van der Waals surface area contributed by atoms with Gasteiger partial charge in [0.1, 0.15) is 0 Å². The molecule has 2 aromatic rings. The standard InChI is InChI=1S/C34H36/c1-5-10-23(2)33-24(3)19-31-22-30(21-27-15-17-28-13-9-14-29(28)20-27)25(4)34(31)32(33)18-16-26-11-7-6-8-12-26/h6-8,11-12,15-21,32,34H,2,4-5,9-10,13-14,22H2,1,3H3/b18-16+,30-21-. The fourth-order valence-corrected chi connectivity index (χ4v) is 6.20. The molecule has 2 atom stereocenters. The highest BCUT2D eigenvalue weighted by molar-refractivity contribution is 5.67. The van der Waals surface area contributed by atoms with Gasteiger partial charge in [0.15, 0.2) is 0 Å². The van der Waals surface area contributed by atoms with Gasteiger partial charge in [-0.1, -0.05) is 110 Å². The zero-order valence-corrected chi connectivity index (χ0v) is 20.7. The van der Waals surface area contributed by atoms with Gasteiger partial charge in [-0.2, -0.15) is 0 Å². The fraction of sp³-hybridized carbons (Fsp3) is 0.294. The molecule has 5 rings (SSSR count). The van der Waals surface area contributed by atoms with Crippen LogP contribution in [0.2, 0.25) is 0 Å². The Morgan fingerprint density at radius 1 is 1.03 bits per heavy atom. The highest BCUT2D eigenvalue weighted by atomic mass is 14.4. The van der Waals surface area contributed by atoms with Crippen LogP contribution in [0.5, 0.6) is 0 Å². The van der Waals surface area contributed by atoms with Gasteiger partial charge in [0.05, 0.1) is 0 Å². The number of hydrogen-bond donors (Lipinski definition) is 0. The Balaban J connectivity index is 1.51. The Morgan fingerprint density at radius 3 is 2.62 bits per heavy atom. The topological polar surface area (TPSA) is 0 Å². The molecule has 0 nitrogen and oxygen atoms in total. The second kappa shape index (κ2) is 9.63. The van der Waals surface area contributed by atoms with Crippen LogP contribution in [0.3, 0.4) is 0 Å². The number of rotatable bonds is 6. The van der Waals surface area contributed by atoms with E-state index in [1.54, 1.807) is 0 Å². The van der Waals surface area contributed by atoms with Crippen molar-refractivity contribution in [3.8, 4) is 0 Å². The Bertz CT molecular complexity index is 1240. The Morgan fingerprint density at radius 2 is 1.82 bits per heavy atom. The average Bonchev–Trinajstić information content (AvgIpc) is 3.42. The van der Waals surface area contributed by atoms with Crippen LogP contribution in [0.15, 0.2) is 107 Å². The first-order valence-electron chi connectivity index (χ1n) is 12.9. The molecule has 1 saturated carbocycles. The summed E-state index contributed by atoms with van der Waals surface area (Å²) in [5.74, 6) is 0.616. The predicted octanol–water partition coefficient (Wildman–Crippen LogP) is 9.08. The first kappa shape index (κ1) is 22.7. The third-order valence-electron chi connectivity index (χ3n) is 7.79. The van der Waals surface area contributed by atoms with Crippen molar-refractivity contribution >= 4 is 12.2 Å². The quantitative estimate of drug-likeness (QED) is 0.417. The molecule has 0 radical (unpaired) electrons. The molecule has 0 aromatic heterocycles. The van der Waals surface area contributed by atoms with E-state index < -0.39 is 0 Å². The van der Waals surface area contributed by atoms with Crippen LogP contribution in [0.1, 0.15) is 61.8 Å². The molecule has 172 valence electrons. The van der Waals surface area contributed by atoms with Crippen molar-refractivity contribution < 1.29 is 0 Å². The van der Waals surface area contributed by atoms with Crippen LogP contribution in [-0.2, 0) is 12.8 Å². The molecule has 3 aliphatic carbocycles. The highest BCUT2D eigenvalue weighted by Crippen LogP contribution is 2.52. The maximum atomic E-state index is 4.66. The highest BCUT2D eigenvalue weighted by Gasteiger charge is 2.38. The van der Waals surface area contributed by atoms with Gasteiger partial charge in [0.25, 0.3) is 0 Å². The van der Waals surface area contributed by atoms with Gasteiger partial charge in [-0.05, 0) is 83.6 Å². The third-order valence-corrected chi connectivity index (χ3v) is 7.79. The summed E-state index contributed by atoms with van der Waals surface area (Å²) in [6.07, 6.45) is 16.4. The maximum absolute atomic E-state index is 4.66. The Labute approximate surface area is 205 Å². The van der Waals surface area contributed by atoms with E-state index in [4.69, 9.17) is 0 Å². The van der Waals surface area contributed by atoms with E-state index >= 15 is 0 Å². The lowest BCUT2D eigenvalue weighted by Crippen LogP contribution is -2.21. The van der Waals surface area contributed by atoms with Gasteiger partial charge >= 0.3 is 0 Å². The van der Waals surface area contributed by atoms with Gasteiger partial charge in [0.2, 0.25) is 0 Å². The van der Waals surface area contributed by atoms with E-state index in [2.05, 4.69) is 99.8 Å². The molecule has 2 unspecified atom stereocenters. The van der Waals surface area contributed by atoms with Crippen molar-refractivity contribution in [2.45, 2.75) is 52.4 Å². The molecule has 0 heterocycles. The molecule has 1 fully saturated rings. The minimum atomic E-state index is 0.290. The van der Waals surface area contributed by atoms with Gasteiger partial charge in [-0.25, -0.2) is 0 Å². The SMILES string of the molecule is C=C(CCC)C1=C(C)C=C2C/C(=C/c3ccc4c(c3)CCC4)C(=C)C2C1/C=C/c1ccccc1. The summed E-state index contributed by atoms with van der Waals surface area (Å²) in [7, 11) is 0. The molecule has 0 N–H and O–H groups in total. The minimum absolute atomic E-state index is 0.290. The second-order valence-corrected chi connectivity index (χ2v) is 10.2.